The van der Waals surface area contributed by atoms with Crippen molar-refractivity contribution in [2.75, 3.05) is 17.3 Å². The second-order valence-corrected chi connectivity index (χ2v) is 6.84. The Bertz CT molecular complexity index is 595. The van der Waals surface area contributed by atoms with Crippen molar-refractivity contribution < 1.29 is 18.0 Å². The van der Waals surface area contributed by atoms with E-state index in [9.17, 15) is 23.2 Å². The Hall–Kier alpha value is -1.40. The summed E-state index contributed by atoms with van der Waals surface area (Å²) in [4.78, 5) is 16.0. The van der Waals surface area contributed by atoms with Gasteiger partial charge in [-0.3, -0.25) is 4.79 Å². The van der Waals surface area contributed by atoms with Gasteiger partial charge >= 0.3 is 6.18 Å². The second-order valence-electron chi connectivity index (χ2n) is 4.74. The van der Waals surface area contributed by atoms with Crippen LogP contribution in [0.5, 0.6) is 0 Å². The van der Waals surface area contributed by atoms with E-state index >= 15 is 0 Å². The molecule has 2 heterocycles. The predicted octanol–water partition coefficient (Wildman–Crippen LogP) is 2.87. The maximum atomic E-state index is 12.2. The minimum Gasteiger partial charge on any atom is -0.333 e. The molecular formula is C13H12F3N3OS2. The molecule has 0 spiro atoms. The summed E-state index contributed by atoms with van der Waals surface area (Å²) in [6.07, 6.45) is -2.45. The number of nitrogens with zero attached hydrogens (tertiary/aromatic N) is 2. The van der Waals surface area contributed by atoms with Crippen LogP contribution in [0.2, 0.25) is 0 Å². The van der Waals surface area contributed by atoms with Gasteiger partial charge in [0.15, 0.2) is 0 Å². The van der Waals surface area contributed by atoms with E-state index in [-0.39, 0.29) is 10.6 Å². The lowest BCUT2D eigenvalue weighted by Crippen LogP contribution is -2.47. The third-order valence-electron chi connectivity index (χ3n) is 2.97. The van der Waals surface area contributed by atoms with E-state index in [2.05, 4.69) is 16.4 Å². The first-order chi connectivity index (χ1) is 10.3. The smallest absolute Gasteiger partial charge is 0.333 e. The molecule has 0 aromatic carbocycles. The number of aromatic nitrogens is 1. The van der Waals surface area contributed by atoms with E-state index < -0.39 is 23.4 Å². The van der Waals surface area contributed by atoms with Crippen molar-refractivity contribution in [1.29, 1.82) is 5.26 Å². The van der Waals surface area contributed by atoms with Gasteiger partial charge in [0.1, 0.15) is 5.54 Å². The molecule has 4 nitrogen and oxygen atoms in total. The van der Waals surface area contributed by atoms with Gasteiger partial charge in [-0.05, 0) is 24.3 Å². The molecule has 1 N–H and O–H groups in total. The van der Waals surface area contributed by atoms with Crippen LogP contribution in [0, 0.1) is 11.3 Å². The number of carbonyl (C=O) groups is 1. The minimum absolute atomic E-state index is 0.122. The lowest BCUT2D eigenvalue weighted by Gasteiger charge is -2.21. The predicted molar refractivity (Wildman–Crippen MR) is 78.8 cm³/mol. The fourth-order valence-electron chi connectivity index (χ4n) is 1.85. The highest BCUT2D eigenvalue weighted by molar-refractivity contribution is 7.99. The topological polar surface area (TPSA) is 65.8 Å². The molecule has 0 aliphatic carbocycles. The Morgan fingerprint density at radius 3 is 2.95 bits per heavy atom. The molecular weight excluding hydrogens is 335 g/mol. The summed E-state index contributed by atoms with van der Waals surface area (Å²) in [7, 11) is 0. The number of amides is 1. The van der Waals surface area contributed by atoms with E-state index in [0.29, 0.717) is 23.9 Å². The van der Waals surface area contributed by atoms with Crippen molar-refractivity contribution in [3.8, 4) is 6.07 Å². The highest BCUT2D eigenvalue weighted by atomic mass is 32.2. The molecule has 1 fully saturated rings. The third-order valence-corrected chi connectivity index (χ3v) is 5.15. The SMILES string of the molecule is N#C[C@]1(NC(=O)c2ccnc(SCC(F)(F)F)c2)CCSC1. The maximum Gasteiger partial charge on any atom is 0.398 e. The van der Waals surface area contributed by atoms with Crippen LogP contribution in [0.4, 0.5) is 13.2 Å². The lowest BCUT2D eigenvalue weighted by atomic mass is 10.0. The monoisotopic (exact) mass is 347 g/mol. The fourth-order valence-corrected chi connectivity index (χ4v) is 3.78. The Kier molecular flexibility index (Phi) is 5.24. The molecule has 1 aromatic heterocycles. The average Bonchev–Trinajstić information content (AvgIpc) is 2.94. The van der Waals surface area contributed by atoms with Gasteiger partial charge in [0.2, 0.25) is 0 Å². The first-order valence-corrected chi connectivity index (χ1v) is 8.45. The van der Waals surface area contributed by atoms with Gasteiger partial charge in [0.05, 0.1) is 16.8 Å². The van der Waals surface area contributed by atoms with Gasteiger partial charge in [-0.1, -0.05) is 11.8 Å². The van der Waals surface area contributed by atoms with Crippen LogP contribution in [0.25, 0.3) is 0 Å². The number of hydrogen-bond acceptors (Lipinski definition) is 5. The zero-order valence-electron chi connectivity index (χ0n) is 11.3. The zero-order chi connectivity index (χ0) is 16.2. The second kappa shape index (κ2) is 6.79. The molecule has 1 aliphatic heterocycles. The van der Waals surface area contributed by atoms with Crippen LogP contribution in [0.3, 0.4) is 0 Å². The summed E-state index contributed by atoms with van der Waals surface area (Å²) >= 11 is 2.10. The molecule has 1 amide bonds. The number of halogens is 3. The Morgan fingerprint density at radius 1 is 1.59 bits per heavy atom. The molecule has 1 aromatic rings. The van der Waals surface area contributed by atoms with Gasteiger partial charge in [0.25, 0.3) is 5.91 Å². The van der Waals surface area contributed by atoms with E-state index in [1.165, 1.54) is 18.3 Å². The van der Waals surface area contributed by atoms with E-state index in [1.54, 1.807) is 11.8 Å². The summed E-state index contributed by atoms with van der Waals surface area (Å²) in [6.45, 7) is 0. The molecule has 1 saturated heterocycles. The number of pyridine rings is 1. The summed E-state index contributed by atoms with van der Waals surface area (Å²) in [6, 6.07) is 4.84. The highest BCUT2D eigenvalue weighted by Gasteiger charge is 2.36. The lowest BCUT2D eigenvalue weighted by molar-refractivity contribution is -0.105. The van der Waals surface area contributed by atoms with Crippen molar-refractivity contribution in [3.05, 3.63) is 23.9 Å². The number of hydrogen-bond donors (Lipinski definition) is 1. The normalized spacial score (nSPS) is 21.4. The number of rotatable bonds is 4. The molecule has 118 valence electrons. The van der Waals surface area contributed by atoms with Crippen LogP contribution in [0.1, 0.15) is 16.8 Å². The van der Waals surface area contributed by atoms with Crippen LogP contribution in [-0.4, -0.2) is 39.9 Å². The molecule has 9 heteroatoms. The van der Waals surface area contributed by atoms with Crippen LogP contribution in [-0.2, 0) is 0 Å². The average molecular weight is 347 g/mol. The van der Waals surface area contributed by atoms with Crippen LogP contribution in [0.15, 0.2) is 23.4 Å². The number of alkyl halides is 3. The van der Waals surface area contributed by atoms with Crippen molar-refractivity contribution in [2.24, 2.45) is 0 Å². The standard InChI is InChI=1S/C13H12F3N3OS2/c14-13(15,16)8-22-10-5-9(1-3-18-10)11(20)19-12(6-17)2-4-21-7-12/h1,3,5H,2,4,7-8H2,(H,19,20)/t12-/m1/s1. The summed E-state index contributed by atoms with van der Waals surface area (Å²) in [5.41, 5.74) is -0.698. The summed E-state index contributed by atoms with van der Waals surface area (Å²) in [5.74, 6) is -0.239. The summed E-state index contributed by atoms with van der Waals surface area (Å²) in [5, 5.41) is 12.0. The number of thioether (sulfide) groups is 2. The van der Waals surface area contributed by atoms with Crippen molar-refractivity contribution in [1.82, 2.24) is 10.3 Å². The Morgan fingerprint density at radius 2 is 2.36 bits per heavy atom. The van der Waals surface area contributed by atoms with E-state index in [4.69, 9.17) is 0 Å². The maximum absolute atomic E-state index is 12.2. The third kappa shape index (κ3) is 4.55. The number of nitriles is 1. The largest absolute Gasteiger partial charge is 0.398 e. The van der Waals surface area contributed by atoms with Gasteiger partial charge in [0, 0.05) is 17.5 Å². The molecule has 2 rings (SSSR count). The van der Waals surface area contributed by atoms with Crippen LogP contribution < -0.4 is 5.32 Å². The molecule has 0 bridgehead atoms. The number of carbonyl (C=O) groups excluding carboxylic acids is 1. The molecule has 1 aliphatic rings. The van der Waals surface area contributed by atoms with E-state index in [0.717, 1.165) is 5.75 Å². The van der Waals surface area contributed by atoms with Crippen molar-refractivity contribution >= 4 is 29.4 Å². The summed E-state index contributed by atoms with van der Waals surface area (Å²) < 4.78 is 36.6. The first-order valence-electron chi connectivity index (χ1n) is 6.31. The number of nitrogens with one attached hydrogen (secondary N) is 1. The Labute approximate surface area is 133 Å². The van der Waals surface area contributed by atoms with Gasteiger partial charge < -0.3 is 5.32 Å². The molecule has 0 radical (unpaired) electrons. The molecule has 1 atom stereocenters. The van der Waals surface area contributed by atoms with E-state index in [1.807, 2.05) is 0 Å². The van der Waals surface area contributed by atoms with Gasteiger partial charge in [-0.15, -0.1) is 0 Å². The van der Waals surface area contributed by atoms with Gasteiger partial charge in [-0.25, -0.2) is 4.98 Å². The van der Waals surface area contributed by atoms with Crippen LogP contribution >= 0.6 is 23.5 Å². The minimum atomic E-state index is -4.30. The highest BCUT2D eigenvalue weighted by Crippen LogP contribution is 2.28. The van der Waals surface area contributed by atoms with Gasteiger partial charge in [-0.2, -0.15) is 30.2 Å². The molecule has 22 heavy (non-hydrogen) atoms. The molecule has 0 saturated carbocycles. The first kappa shape index (κ1) is 17.0. The van der Waals surface area contributed by atoms with Crippen molar-refractivity contribution in [3.63, 3.8) is 0 Å². The fraction of sp³-hybridized carbons (Fsp3) is 0.462. The molecule has 0 unspecified atom stereocenters. The zero-order valence-corrected chi connectivity index (χ0v) is 12.9. The van der Waals surface area contributed by atoms with Crippen molar-refractivity contribution in [2.45, 2.75) is 23.2 Å². The Balaban J connectivity index is 2.06. The quantitative estimate of drug-likeness (QED) is 0.849.